The molecule has 0 saturated heterocycles. The fourth-order valence-electron chi connectivity index (χ4n) is 9.84. The second-order valence-electron chi connectivity index (χ2n) is 17.5. The second-order valence-corrected chi connectivity index (χ2v) is 21.0. The first kappa shape index (κ1) is 25.6. The van der Waals surface area contributed by atoms with Crippen LogP contribution in [-0.2, 0) is 21.1 Å². The number of fused-ring (bicyclic) bond motifs is 4. The zero-order chi connectivity index (χ0) is 81.3. The molecular weight excluding hydrogens is 1170 g/mol. The quantitative estimate of drug-likeness (QED) is 0.0529. The molecule has 80 heavy (non-hydrogen) atoms. The maximum Gasteiger partial charge on any atom is 0.268 e. The summed E-state index contributed by atoms with van der Waals surface area (Å²) in [6, 6.07) is 1.47. The van der Waals surface area contributed by atoms with Crippen LogP contribution < -0.4 is 30.1 Å². The van der Waals surface area contributed by atoms with Crippen molar-refractivity contribution in [2.75, 3.05) is 0 Å². The summed E-state index contributed by atoms with van der Waals surface area (Å²) in [5, 5.41) is -2.31. The third-order valence-corrected chi connectivity index (χ3v) is 17.4. The second kappa shape index (κ2) is 21.4. The number of aryl methyl sites for hydroxylation is 1. The molecule has 0 bridgehead atoms. The van der Waals surface area contributed by atoms with Gasteiger partial charge in [-0.15, -0.1) is 29.7 Å². The van der Waals surface area contributed by atoms with Gasteiger partial charge in [0.15, 0.2) is 8.07 Å². The summed E-state index contributed by atoms with van der Waals surface area (Å²) < 4.78 is 312. The largest absolute Gasteiger partial charge is 0.510 e. The van der Waals surface area contributed by atoms with Crippen LogP contribution >= 0.6 is 0 Å². The minimum Gasteiger partial charge on any atom is -0.510 e. The van der Waals surface area contributed by atoms with Crippen LogP contribution in [0.3, 0.4) is 0 Å². The minimum absolute atomic E-state index is 0. The van der Waals surface area contributed by atoms with Crippen LogP contribution in [0.2, 0.25) is 0 Å². The smallest absolute Gasteiger partial charge is 0.268 e. The SMILES string of the molecule is [2H]c1c([2H])c([2H])c(-c2ccc3c(c2)n(-c2[c-]c(Oc4[c-]c5c(cc4)c4ccccc4n5-c4cc(C([2H])([2H])[2H])c(-c5c([2H])c([2H])c([2H])c([2H])c5[2H])cn4)ccc2)[c-][n+]3-c2c(-c3c([2H])c([2H])c([2H])c([2H])c3[2H])cccc2[Si](c2c([2H])c([2H])c([2H])c([2H])c2[2H])(c2c([2H])c([2H])c([2H])c([2H])c2[2H])c2c([2H])c([2H])c([2H])c([2H])c2[2H])c([2H])c1[2H].[Pt]. The average Bonchev–Trinajstić information content (AvgIpc) is 0.985. The number of aromatic nitrogens is 4. The number of hydrogen-bond donors (Lipinski definition) is 0. The molecule has 0 saturated carbocycles. The van der Waals surface area contributed by atoms with Crippen LogP contribution in [0.1, 0.15) is 50.8 Å². The molecule has 0 spiro atoms. The molecule has 0 aliphatic rings. The number of benzene rings is 11. The van der Waals surface area contributed by atoms with E-state index >= 15 is 0 Å². The first-order valence-electron chi connectivity index (χ1n) is 40.5. The van der Waals surface area contributed by atoms with Gasteiger partial charge in [-0.3, -0.25) is 4.57 Å². The van der Waals surface area contributed by atoms with Gasteiger partial charge >= 0.3 is 0 Å². The van der Waals surface area contributed by atoms with E-state index in [9.17, 15) is 19.2 Å². The molecule has 0 aliphatic heterocycles. The van der Waals surface area contributed by atoms with E-state index in [4.69, 9.17) is 30.8 Å². The van der Waals surface area contributed by atoms with E-state index in [0.29, 0.717) is 16.3 Å². The monoisotopic (exact) mass is 1250 g/mol. The molecule has 7 heteroatoms. The molecule has 0 unspecified atom stereocenters. The summed E-state index contributed by atoms with van der Waals surface area (Å²) in [5.74, 6) is -0.142. The van der Waals surface area contributed by atoms with E-state index in [1.54, 1.807) is 41.0 Å². The molecule has 384 valence electrons. The molecule has 0 amide bonds. The van der Waals surface area contributed by atoms with E-state index in [-0.39, 0.29) is 77.3 Å². The fourth-order valence-corrected chi connectivity index (χ4v) is 13.8. The molecule has 5 nitrogen and oxygen atoms in total. The van der Waals surface area contributed by atoms with E-state index in [1.165, 1.54) is 59.2 Å². The van der Waals surface area contributed by atoms with Crippen LogP contribution in [0.5, 0.6) is 11.5 Å². The molecule has 0 fully saturated rings. The topological polar surface area (TPSA) is 35.9 Å². The Morgan fingerprint density at radius 3 is 1.75 bits per heavy atom. The van der Waals surface area contributed by atoms with Gasteiger partial charge in [-0.1, -0.05) is 235 Å². The Bertz CT molecular complexity index is 6180. The molecule has 0 aliphatic carbocycles. The van der Waals surface area contributed by atoms with Gasteiger partial charge in [0.1, 0.15) is 5.82 Å². The molecule has 14 rings (SSSR count). The first-order valence-corrected chi connectivity index (χ1v) is 26.0. The van der Waals surface area contributed by atoms with Gasteiger partial charge in [-0.25, -0.2) is 4.98 Å². The summed E-state index contributed by atoms with van der Waals surface area (Å²) in [6.07, 6.45) is 4.33. The van der Waals surface area contributed by atoms with Crippen molar-refractivity contribution in [2.45, 2.75) is 6.85 Å². The summed E-state index contributed by atoms with van der Waals surface area (Å²) >= 11 is 0. The molecule has 3 heterocycles. The van der Waals surface area contributed by atoms with Crippen molar-refractivity contribution in [3.63, 3.8) is 0 Å². The molecule has 0 radical (unpaired) electrons. The van der Waals surface area contributed by atoms with E-state index < -0.39 is 245 Å². The van der Waals surface area contributed by atoms with Gasteiger partial charge in [0.05, 0.1) is 57.8 Å². The molecule has 14 aromatic rings. The molecule has 11 aromatic carbocycles. The number of nitrogens with zero attached hydrogens (tertiary/aromatic N) is 4. The van der Waals surface area contributed by atoms with Gasteiger partial charge in [0.25, 0.3) is 6.33 Å². The predicted molar refractivity (Wildman–Crippen MR) is 325 cm³/mol. The van der Waals surface area contributed by atoms with Crippen molar-refractivity contribution in [1.29, 1.82) is 0 Å². The molecular formula is C73H50N4OPtSi-2. The van der Waals surface area contributed by atoms with Gasteiger partial charge in [-0.05, 0) is 90.3 Å². The van der Waals surface area contributed by atoms with Crippen molar-refractivity contribution < 1.29 is 75.6 Å². The van der Waals surface area contributed by atoms with Crippen LogP contribution in [0, 0.1) is 25.3 Å². The first-order chi connectivity index (χ1) is 52.7. The molecule has 3 aromatic heterocycles. The molecule has 0 atom stereocenters. The summed E-state index contributed by atoms with van der Waals surface area (Å²) in [5.41, 5.74) is -2.73. The van der Waals surface area contributed by atoms with Crippen molar-refractivity contribution in [3.05, 3.63) is 309 Å². The Morgan fingerprint density at radius 1 is 0.512 bits per heavy atom. The third-order valence-electron chi connectivity index (χ3n) is 13.2. The van der Waals surface area contributed by atoms with Crippen LogP contribution in [0.15, 0.2) is 285 Å². The third kappa shape index (κ3) is 8.80. The van der Waals surface area contributed by atoms with Crippen LogP contribution in [0.4, 0.5) is 0 Å². The van der Waals surface area contributed by atoms with E-state index in [2.05, 4.69) is 23.4 Å². The summed E-state index contributed by atoms with van der Waals surface area (Å²) in [6.45, 7) is -2.96. The van der Waals surface area contributed by atoms with E-state index in [1.807, 2.05) is 0 Å². The van der Waals surface area contributed by atoms with Crippen molar-refractivity contribution >= 4 is 61.7 Å². The maximum absolute atomic E-state index is 9.97. The standard InChI is InChI=1S/C73H50N4OSi.Pt/c1-52-46-72(74-50-66(52)55-28-12-4-13-29-55)77-67-40-21-20-38-64(67)65-44-43-59(49-69(65)77)78-58-31-22-30-57(48-58)75-51-76(68-45-42-56(47-70(68)75)53-24-8-2-9-25-53)73-63(54-26-10-3-11-27-54)39-23-41-71(73)79(60-32-14-5-15-33-60,61-34-16-6-17-35-61)62-36-18-7-19-37-62;/h2-47,50H,1H3;/q-2;/i1D3,2D,3D,4D,5D,6D,7D,8D,9D,10D,11D,12D,13D,14D,15D,16D,17D,18D,19D,24D,25D,26D,27D,28D,29D,32D,33D,34D,35D,36D,37D;. The normalized spacial score (nSPS) is 17.4. The van der Waals surface area contributed by atoms with Crippen molar-refractivity contribution in [3.8, 4) is 62.1 Å². The molecule has 0 N–H and O–H groups in total. The Hall–Kier alpha value is -9.45. The minimum atomic E-state index is -6.29. The van der Waals surface area contributed by atoms with Gasteiger partial charge in [-0.2, -0.15) is 18.2 Å². The average molecular weight is 1260 g/mol. The van der Waals surface area contributed by atoms with Crippen LogP contribution in [0.25, 0.3) is 83.4 Å². The predicted octanol–water partition coefficient (Wildman–Crippen LogP) is 14.3. The summed E-state index contributed by atoms with van der Waals surface area (Å²) in [7, 11) is -6.29. The number of rotatable bonds is 12. The van der Waals surface area contributed by atoms with E-state index in [0.717, 1.165) is 16.8 Å². The number of para-hydroxylation sites is 2. The number of hydrogen-bond acceptors (Lipinski definition) is 2. The number of imidazole rings is 1. The maximum atomic E-state index is 9.97. The Morgan fingerprint density at radius 2 is 1.10 bits per heavy atom. The van der Waals surface area contributed by atoms with Crippen molar-refractivity contribution in [1.82, 2.24) is 14.1 Å². The Balaban J connectivity index is 0.0000112. The van der Waals surface area contributed by atoms with Gasteiger partial charge in [0.2, 0.25) is 0 Å². The van der Waals surface area contributed by atoms with Crippen molar-refractivity contribution in [2.24, 2.45) is 0 Å². The van der Waals surface area contributed by atoms with Gasteiger partial charge < -0.3 is 13.9 Å². The summed E-state index contributed by atoms with van der Waals surface area (Å²) in [4.78, 5) is 4.65. The fraction of sp³-hybridized carbons (Fsp3) is 0.0137. The number of ether oxygens (including phenoxy) is 1. The van der Waals surface area contributed by atoms with Crippen LogP contribution in [-0.4, -0.2) is 22.2 Å². The van der Waals surface area contributed by atoms with Gasteiger partial charge in [0, 0.05) is 54.0 Å². The zero-order valence-corrected chi connectivity index (χ0v) is 44.1. The Labute approximate surface area is 527 Å². The zero-order valence-electron chi connectivity index (χ0n) is 73.8. The Kier molecular flexibility index (Phi) is 6.84. The number of pyridine rings is 1.